The molecule has 0 fully saturated rings. The number of carbonyl (C=O) groups is 2. The minimum absolute atomic E-state index is 0.226. The average molecular weight is 484 g/mol. The van der Waals surface area contributed by atoms with Crippen molar-refractivity contribution in [3.8, 4) is 11.5 Å². The van der Waals surface area contributed by atoms with Gasteiger partial charge in [0.1, 0.15) is 17.5 Å². The standard InChI is InChI=1S/C21H24BrClN2O4/c1-4-18(21(27)24-2)25(12-14-5-8-16(28-3)9-6-14)20(26)13-29-19-10-7-15(22)11-17(19)23/h5-11,18H,4,12-13H2,1-3H3,(H,24,27)/t18-/m1/s1. The van der Waals surface area contributed by atoms with Gasteiger partial charge in [-0.1, -0.05) is 46.6 Å². The Kier molecular flexibility index (Phi) is 8.79. The van der Waals surface area contributed by atoms with Crippen molar-refractivity contribution in [2.24, 2.45) is 0 Å². The van der Waals surface area contributed by atoms with Gasteiger partial charge in [0.2, 0.25) is 5.91 Å². The minimum Gasteiger partial charge on any atom is -0.497 e. The van der Waals surface area contributed by atoms with Gasteiger partial charge in [0.25, 0.3) is 5.91 Å². The number of nitrogens with zero attached hydrogens (tertiary/aromatic N) is 1. The number of rotatable bonds is 9. The summed E-state index contributed by atoms with van der Waals surface area (Å²) in [5, 5.41) is 3.02. The number of halogens is 2. The number of amides is 2. The molecule has 0 aliphatic heterocycles. The SMILES string of the molecule is CC[C@H](C(=O)NC)N(Cc1ccc(OC)cc1)C(=O)COc1ccc(Br)cc1Cl. The molecule has 0 saturated heterocycles. The second-order valence-electron chi connectivity index (χ2n) is 6.27. The van der Waals surface area contributed by atoms with Crippen LogP contribution in [0.3, 0.4) is 0 Å². The van der Waals surface area contributed by atoms with Crippen LogP contribution in [0.5, 0.6) is 11.5 Å². The third-order valence-electron chi connectivity index (χ3n) is 4.39. The number of ether oxygens (including phenoxy) is 2. The lowest BCUT2D eigenvalue weighted by Gasteiger charge is -2.30. The van der Waals surface area contributed by atoms with Gasteiger partial charge in [0, 0.05) is 18.1 Å². The Hall–Kier alpha value is -2.25. The largest absolute Gasteiger partial charge is 0.497 e. The van der Waals surface area contributed by atoms with Gasteiger partial charge in [-0.15, -0.1) is 0 Å². The molecule has 0 saturated carbocycles. The van der Waals surface area contributed by atoms with Crippen molar-refractivity contribution >= 4 is 39.3 Å². The van der Waals surface area contributed by atoms with Crippen LogP contribution in [0, 0.1) is 0 Å². The molecule has 0 bridgehead atoms. The summed E-state index contributed by atoms with van der Waals surface area (Å²) >= 11 is 9.49. The van der Waals surface area contributed by atoms with Crippen LogP contribution in [0.2, 0.25) is 5.02 Å². The Bertz CT molecular complexity index is 845. The van der Waals surface area contributed by atoms with E-state index in [-0.39, 0.29) is 25.0 Å². The average Bonchev–Trinajstić information content (AvgIpc) is 2.73. The number of hydrogen-bond acceptors (Lipinski definition) is 4. The smallest absolute Gasteiger partial charge is 0.261 e. The van der Waals surface area contributed by atoms with Crippen LogP contribution in [0.1, 0.15) is 18.9 Å². The Morgan fingerprint density at radius 3 is 2.45 bits per heavy atom. The van der Waals surface area contributed by atoms with Gasteiger partial charge in [-0.25, -0.2) is 0 Å². The van der Waals surface area contributed by atoms with Crippen LogP contribution in [0.4, 0.5) is 0 Å². The quantitative estimate of drug-likeness (QED) is 0.584. The van der Waals surface area contributed by atoms with Gasteiger partial charge in [-0.05, 0) is 42.3 Å². The molecule has 6 nitrogen and oxygen atoms in total. The molecule has 29 heavy (non-hydrogen) atoms. The summed E-state index contributed by atoms with van der Waals surface area (Å²) < 4.78 is 11.6. The molecule has 156 valence electrons. The van der Waals surface area contributed by atoms with E-state index in [2.05, 4.69) is 21.2 Å². The maximum Gasteiger partial charge on any atom is 0.261 e. The first-order chi connectivity index (χ1) is 13.9. The summed E-state index contributed by atoms with van der Waals surface area (Å²) in [7, 11) is 3.15. The van der Waals surface area contributed by atoms with Crippen LogP contribution in [0.25, 0.3) is 0 Å². The summed E-state index contributed by atoms with van der Waals surface area (Å²) in [6, 6.07) is 11.9. The zero-order chi connectivity index (χ0) is 21.4. The van der Waals surface area contributed by atoms with E-state index in [1.165, 1.54) is 4.90 Å². The van der Waals surface area contributed by atoms with Crippen molar-refractivity contribution in [2.45, 2.75) is 25.9 Å². The predicted molar refractivity (Wildman–Crippen MR) is 116 cm³/mol. The van der Waals surface area contributed by atoms with Gasteiger partial charge >= 0.3 is 0 Å². The Morgan fingerprint density at radius 2 is 1.90 bits per heavy atom. The highest BCUT2D eigenvalue weighted by Gasteiger charge is 2.28. The maximum absolute atomic E-state index is 13.0. The van der Waals surface area contributed by atoms with Crippen molar-refractivity contribution < 1.29 is 19.1 Å². The lowest BCUT2D eigenvalue weighted by atomic mass is 10.1. The van der Waals surface area contributed by atoms with Crippen molar-refractivity contribution in [1.82, 2.24) is 10.2 Å². The Morgan fingerprint density at radius 1 is 1.21 bits per heavy atom. The molecule has 0 aliphatic carbocycles. The first-order valence-electron chi connectivity index (χ1n) is 9.11. The number of nitrogens with one attached hydrogen (secondary N) is 1. The molecule has 0 aromatic heterocycles. The maximum atomic E-state index is 13.0. The highest BCUT2D eigenvalue weighted by molar-refractivity contribution is 9.10. The number of benzene rings is 2. The summed E-state index contributed by atoms with van der Waals surface area (Å²) in [6.07, 6.45) is 0.473. The summed E-state index contributed by atoms with van der Waals surface area (Å²) in [5.41, 5.74) is 0.878. The molecule has 0 unspecified atom stereocenters. The van der Waals surface area contributed by atoms with Gasteiger partial charge in [-0.3, -0.25) is 9.59 Å². The van der Waals surface area contributed by atoms with Crippen molar-refractivity contribution in [3.63, 3.8) is 0 Å². The van der Waals surface area contributed by atoms with E-state index in [0.29, 0.717) is 17.2 Å². The van der Waals surface area contributed by atoms with Crippen molar-refractivity contribution in [2.75, 3.05) is 20.8 Å². The Labute approximate surface area is 184 Å². The summed E-state index contributed by atoms with van der Waals surface area (Å²) in [6.45, 7) is 1.90. The first kappa shape index (κ1) is 23.0. The van der Waals surface area contributed by atoms with Crippen LogP contribution >= 0.6 is 27.5 Å². The predicted octanol–water partition coefficient (Wildman–Crippen LogP) is 4.04. The normalized spacial score (nSPS) is 11.5. The number of likely N-dealkylation sites (N-methyl/N-ethyl adjacent to an activating group) is 1. The lowest BCUT2D eigenvalue weighted by Crippen LogP contribution is -2.49. The van der Waals surface area contributed by atoms with Crippen LogP contribution in [-0.4, -0.2) is 43.5 Å². The molecule has 0 aliphatic rings. The van der Waals surface area contributed by atoms with E-state index in [1.54, 1.807) is 32.4 Å². The molecule has 2 aromatic carbocycles. The fourth-order valence-corrected chi connectivity index (χ4v) is 3.56. The van der Waals surface area contributed by atoms with Crippen molar-refractivity contribution in [1.29, 1.82) is 0 Å². The molecule has 0 spiro atoms. The van der Waals surface area contributed by atoms with Gasteiger partial charge in [-0.2, -0.15) is 0 Å². The summed E-state index contributed by atoms with van der Waals surface area (Å²) in [5.74, 6) is 0.588. The monoisotopic (exact) mass is 482 g/mol. The summed E-state index contributed by atoms with van der Waals surface area (Å²) in [4.78, 5) is 26.9. The van der Waals surface area contributed by atoms with Crippen LogP contribution in [-0.2, 0) is 16.1 Å². The lowest BCUT2D eigenvalue weighted by molar-refractivity contribution is -0.142. The highest BCUT2D eigenvalue weighted by Crippen LogP contribution is 2.28. The zero-order valence-corrected chi connectivity index (χ0v) is 18.9. The molecule has 1 N–H and O–H groups in total. The molecule has 2 rings (SSSR count). The second kappa shape index (κ2) is 11.1. The second-order valence-corrected chi connectivity index (χ2v) is 7.59. The molecule has 0 radical (unpaired) electrons. The van der Waals surface area contributed by atoms with Gasteiger partial charge in [0.05, 0.1) is 12.1 Å². The molecule has 2 amide bonds. The zero-order valence-electron chi connectivity index (χ0n) is 16.6. The highest BCUT2D eigenvalue weighted by atomic mass is 79.9. The van der Waals surface area contributed by atoms with Crippen LogP contribution in [0.15, 0.2) is 46.9 Å². The van der Waals surface area contributed by atoms with E-state index in [9.17, 15) is 9.59 Å². The molecular formula is C21H24BrClN2O4. The van der Waals surface area contributed by atoms with E-state index >= 15 is 0 Å². The van der Waals surface area contributed by atoms with E-state index < -0.39 is 6.04 Å². The topological polar surface area (TPSA) is 67.9 Å². The first-order valence-corrected chi connectivity index (χ1v) is 10.3. The number of carbonyl (C=O) groups excluding carboxylic acids is 2. The van der Waals surface area contributed by atoms with E-state index in [1.807, 2.05) is 31.2 Å². The number of hydrogen-bond donors (Lipinski definition) is 1. The molecule has 8 heteroatoms. The fraction of sp³-hybridized carbons (Fsp3) is 0.333. The molecular weight excluding hydrogens is 460 g/mol. The van der Waals surface area contributed by atoms with Crippen LogP contribution < -0.4 is 14.8 Å². The van der Waals surface area contributed by atoms with Gasteiger partial charge < -0.3 is 19.7 Å². The van der Waals surface area contributed by atoms with Gasteiger partial charge in [0.15, 0.2) is 6.61 Å². The number of methoxy groups -OCH3 is 1. The van der Waals surface area contributed by atoms with Crippen molar-refractivity contribution in [3.05, 3.63) is 57.5 Å². The molecule has 1 atom stereocenters. The molecule has 2 aromatic rings. The van der Waals surface area contributed by atoms with E-state index in [4.69, 9.17) is 21.1 Å². The Balaban J connectivity index is 2.19. The minimum atomic E-state index is -0.612. The third kappa shape index (κ3) is 6.37. The molecule has 0 heterocycles. The van der Waals surface area contributed by atoms with E-state index in [0.717, 1.165) is 15.8 Å². The third-order valence-corrected chi connectivity index (χ3v) is 5.18. The fourth-order valence-electron chi connectivity index (χ4n) is 2.83.